The molecule has 0 atom stereocenters. The number of carbonyl (C=O) groups excluding carboxylic acids is 2. The largest absolute Gasteiger partial charge is 0.469 e. The van der Waals surface area contributed by atoms with Crippen molar-refractivity contribution in [2.75, 3.05) is 20.2 Å². The molecule has 0 bridgehead atoms. The van der Waals surface area contributed by atoms with E-state index in [0.29, 0.717) is 17.8 Å². The Labute approximate surface area is 156 Å². The molecule has 1 aromatic heterocycles. The van der Waals surface area contributed by atoms with Crippen molar-refractivity contribution in [3.63, 3.8) is 0 Å². The summed E-state index contributed by atoms with van der Waals surface area (Å²) in [5.41, 5.74) is 0.955. The standard InChI is InChI=1S/C18H22N4O5/c1-13(2)11-20(9-8-17(23)27-3)18(24)14-10-19-21(12-14)15-4-6-16(7-5-15)22(25)26/h4-7,10,12-13H,8-9,11H2,1-3H3. The van der Waals surface area contributed by atoms with Gasteiger partial charge in [0.05, 0.1) is 35.9 Å². The molecule has 1 amide bonds. The molecule has 1 aromatic carbocycles. The van der Waals surface area contributed by atoms with Crippen molar-refractivity contribution in [1.82, 2.24) is 14.7 Å². The third-order valence-electron chi connectivity index (χ3n) is 3.84. The Bertz CT molecular complexity index is 813. The van der Waals surface area contributed by atoms with E-state index in [0.717, 1.165) is 0 Å². The normalized spacial score (nSPS) is 10.7. The van der Waals surface area contributed by atoms with Crippen LogP contribution in [0.1, 0.15) is 30.6 Å². The molecule has 0 radical (unpaired) electrons. The van der Waals surface area contributed by atoms with Crippen LogP contribution >= 0.6 is 0 Å². The monoisotopic (exact) mass is 374 g/mol. The summed E-state index contributed by atoms with van der Waals surface area (Å²) in [4.78, 5) is 36.1. The average molecular weight is 374 g/mol. The van der Waals surface area contributed by atoms with Gasteiger partial charge in [0.2, 0.25) is 0 Å². The summed E-state index contributed by atoms with van der Waals surface area (Å²) < 4.78 is 6.12. The first-order chi connectivity index (χ1) is 12.8. The van der Waals surface area contributed by atoms with Gasteiger partial charge in [-0.25, -0.2) is 4.68 Å². The number of benzene rings is 1. The fourth-order valence-corrected chi connectivity index (χ4v) is 2.53. The molecule has 9 nitrogen and oxygen atoms in total. The number of carbonyl (C=O) groups is 2. The minimum absolute atomic E-state index is 0.0203. The Hall–Kier alpha value is -3.23. The highest BCUT2D eigenvalue weighted by Crippen LogP contribution is 2.16. The Morgan fingerprint density at radius 1 is 1.30 bits per heavy atom. The van der Waals surface area contributed by atoms with Gasteiger partial charge in [0.1, 0.15) is 0 Å². The molecule has 2 rings (SSSR count). The topological polar surface area (TPSA) is 108 Å². The van der Waals surface area contributed by atoms with E-state index in [-0.39, 0.29) is 36.4 Å². The van der Waals surface area contributed by atoms with Gasteiger partial charge in [-0.1, -0.05) is 13.8 Å². The minimum atomic E-state index is -0.479. The second kappa shape index (κ2) is 8.93. The molecule has 9 heteroatoms. The molecule has 0 aliphatic heterocycles. The van der Waals surface area contributed by atoms with Crippen LogP contribution in [-0.2, 0) is 9.53 Å². The van der Waals surface area contributed by atoms with Crippen molar-refractivity contribution >= 4 is 17.6 Å². The van der Waals surface area contributed by atoms with Crippen molar-refractivity contribution in [2.45, 2.75) is 20.3 Å². The fraction of sp³-hybridized carbons (Fsp3) is 0.389. The number of ether oxygens (including phenoxy) is 1. The molecule has 0 aliphatic carbocycles. The number of non-ortho nitro benzene ring substituents is 1. The first-order valence-corrected chi connectivity index (χ1v) is 8.47. The zero-order chi connectivity index (χ0) is 20.0. The highest BCUT2D eigenvalue weighted by Gasteiger charge is 2.20. The van der Waals surface area contributed by atoms with E-state index in [2.05, 4.69) is 9.84 Å². The molecular formula is C18H22N4O5. The number of nitrogens with zero attached hydrogens (tertiary/aromatic N) is 4. The summed E-state index contributed by atoms with van der Waals surface area (Å²) in [5, 5.41) is 14.9. The van der Waals surface area contributed by atoms with Crippen molar-refractivity contribution < 1.29 is 19.2 Å². The predicted octanol–water partition coefficient (Wildman–Crippen LogP) is 2.44. The lowest BCUT2D eigenvalue weighted by Gasteiger charge is -2.23. The van der Waals surface area contributed by atoms with Crippen LogP contribution in [0, 0.1) is 16.0 Å². The van der Waals surface area contributed by atoms with Crippen LogP contribution in [-0.4, -0.2) is 51.7 Å². The van der Waals surface area contributed by atoms with Crippen LogP contribution in [0.4, 0.5) is 5.69 Å². The van der Waals surface area contributed by atoms with Gasteiger partial charge in [-0.05, 0) is 18.1 Å². The third kappa shape index (κ3) is 5.37. The lowest BCUT2D eigenvalue weighted by Crippen LogP contribution is -2.36. The predicted molar refractivity (Wildman–Crippen MR) is 97.6 cm³/mol. The molecule has 27 heavy (non-hydrogen) atoms. The number of rotatable bonds is 8. The van der Waals surface area contributed by atoms with Gasteiger partial charge in [-0.2, -0.15) is 5.10 Å². The smallest absolute Gasteiger partial charge is 0.307 e. The zero-order valence-electron chi connectivity index (χ0n) is 15.5. The Morgan fingerprint density at radius 2 is 1.96 bits per heavy atom. The summed E-state index contributed by atoms with van der Waals surface area (Å²) in [5.74, 6) is -0.379. The van der Waals surface area contributed by atoms with E-state index >= 15 is 0 Å². The van der Waals surface area contributed by atoms with Gasteiger partial charge in [0, 0.05) is 31.4 Å². The Morgan fingerprint density at radius 3 is 2.52 bits per heavy atom. The second-order valence-corrected chi connectivity index (χ2v) is 6.42. The molecule has 1 heterocycles. The molecular weight excluding hydrogens is 352 g/mol. The maximum Gasteiger partial charge on any atom is 0.307 e. The number of nitro benzene ring substituents is 1. The van der Waals surface area contributed by atoms with Crippen LogP contribution in [0.25, 0.3) is 5.69 Å². The zero-order valence-corrected chi connectivity index (χ0v) is 15.5. The summed E-state index contributed by atoms with van der Waals surface area (Å²) >= 11 is 0. The SMILES string of the molecule is COC(=O)CCN(CC(C)C)C(=O)c1cnn(-c2ccc([N+](=O)[O-])cc2)c1. The summed E-state index contributed by atoms with van der Waals surface area (Å²) in [6.07, 6.45) is 3.12. The first kappa shape index (κ1) is 20.1. The number of methoxy groups -OCH3 is 1. The van der Waals surface area contributed by atoms with Gasteiger partial charge in [-0.3, -0.25) is 19.7 Å². The number of nitro groups is 1. The van der Waals surface area contributed by atoms with Gasteiger partial charge in [0.25, 0.3) is 11.6 Å². The summed E-state index contributed by atoms with van der Waals surface area (Å²) in [6, 6.07) is 5.87. The quantitative estimate of drug-likeness (QED) is 0.399. The van der Waals surface area contributed by atoms with Gasteiger partial charge >= 0.3 is 5.97 Å². The van der Waals surface area contributed by atoms with Crippen LogP contribution in [0.3, 0.4) is 0 Å². The van der Waals surface area contributed by atoms with E-state index in [4.69, 9.17) is 0 Å². The molecule has 0 saturated carbocycles. The van der Waals surface area contributed by atoms with Crippen LogP contribution in [0.5, 0.6) is 0 Å². The third-order valence-corrected chi connectivity index (χ3v) is 3.84. The highest BCUT2D eigenvalue weighted by molar-refractivity contribution is 5.94. The van der Waals surface area contributed by atoms with Crippen LogP contribution in [0.15, 0.2) is 36.7 Å². The fourth-order valence-electron chi connectivity index (χ4n) is 2.53. The average Bonchev–Trinajstić information content (AvgIpc) is 3.14. The van der Waals surface area contributed by atoms with Crippen molar-refractivity contribution in [1.29, 1.82) is 0 Å². The van der Waals surface area contributed by atoms with Crippen LogP contribution < -0.4 is 0 Å². The molecule has 144 valence electrons. The molecule has 2 aromatic rings. The van der Waals surface area contributed by atoms with Crippen LogP contribution in [0.2, 0.25) is 0 Å². The molecule has 0 aliphatic rings. The maximum absolute atomic E-state index is 12.8. The molecule has 0 N–H and O–H groups in total. The molecule has 0 fully saturated rings. The lowest BCUT2D eigenvalue weighted by molar-refractivity contribution is -0.384. The number of hydrogen-bond acceptors (Lipinski definition) is 6. The van der Waals surface area contributed by atoms with E-state index < -0.39 is 4.92 Å². The number of hydrogen-bond donors (Lipinski definition) is 0. The number of amides is 1. The summed E-state index contributed by atoms with van der Waals surface area (Å²) in [6.45, 7) is 4.72. The van der Waals surface area contributed by atoms with E-state index in [9.17, 15) is 19.7 Å². The Balaban J connectivity index is 2.16. The number of aromatic nitrogens is 2. The van der Waals surface area contributed by atoms with Gasteiger partial charge < -0.3 is 9.64 Å². The minimum Gasteiger partial charge on any atom is -0.469 e. The van der Waals surface area contributed by atoms with E-state index in [1.807, 2.05) is 13.8 Å². The van der Waals surface area contributed by atoms with Crippen molar-refractivity contribution in [3.05, 3.63) is 52.3 Å². The molecule has 0 saturated heterocycles. The van der Waals surface area contributed by atoms with Crippen molar-refractivity contribution in [3.8, 4) is 5.69 Å². The van der Waals surface area contributed by atoms with E-state index in [1.54, 1.807) is 23.2 Å². The van der Waals surface area contributed by atoms with Gasteiger partial charge in [0.15, 0.2) is 0 Å². The molecule has 0 unspecified atom stereocenters. The van der Waals surface area contributed by atoms with Gasteiger partial charge in [-0.15, -0.1) is 0 Å². The summed E-state index contributed by atoms with van der Waals surface area (Å²) in [7, 11) is 1.31. The number of esters is 1. The second-order valence-electron chi connectivity index (χ2n) is 6.42. The Kier molecular flexibility index (Phi) is 6.64. The molecule has 0 spiro atoms. The van der Waals surface area contributed by atoms with Crippen molar-refractivity contribution in [2.24, 2.45) is 5.92 Å². The highest BCUT2D eigenvalue weighted by atomic mass is 16.6. The first-order valence-electron chi connectivity index (χ1n) is 8.47. The lowest BCUT2D eigenvalue weighted by atomic mass is 10.2. The maximum atomic E-state index is 12.8. The van der Waals surface area contributed by atoms with E-state index in [1.165, 1.54) is 30.1 Å².